The lowest BCUT2D eigenvalue weighted by atomic mass is 10.0. The van der Waals surface area contributed by atoms with Gasteiger partial charge in [-0.15, -0.1) is 24.0 Å². The van der Waals surface area contributed by atoms with Crippen LogP contribution < -0.4 is 10.6 Å². The topological polar surface area (TPSA) is 39.7 Å². The second-order valence-electron chi connectivity index (χ2n) is 4.97. The third-order valence-electron chi connectivity index (χ3n) is 3.23. The van der Waals surface area contributed by atoms with Gasteiger partial charge >= 0.3 is 0 Å². The minimum absolute atomic E-state index is 0. The first-order chi connectivity index (χ1) is 8.26. The maximum atomic E-state index is 4.20. The zero-order chi connectivity index (χ0) is 12.5. The lowest BCUT2D eigenvalue weighted by Crippen LogP contribution is -2.43. The predicted molar refractivity (Wildman–Crippen MR) is 89.9 cm³/mol. The SMILES string of the molecule is CCCNC(=NC)NCCN1CCCC(C)C1.I. The fourth-order valence-corrected chi connectivity index (χ4v) is 2.29. The van der Waals surface area contributed by atoms with Crippen molar-refractivity contribution in [3.8, 4) is 0 Å². The molecule has 5 heteroatoms. The Morgan fingerprint density at radius 2 is 2.06 bits per heavy atom. The van der Waals surface area contributed by atoms with Crippen LogP contribution in [0.2, 0.25) is 0 Å². The highest BCUT2D eigenvalue weighted by molar-refractivity contribution is 14.0. The van der Waals surface area contributed by atoms with Crippen molar-refractivity contribution in [2.24, 2.45) is 10.9 Å². The number of hydrogen-bond acceptors (Lipinski definition) is 2. The number of halogens is 1. The predicted octanol–water partition coefficient (Wildman–Crippen LogP) is 1.91. The van der Waals surface area contributed by atoms with Gasteiger partial charge in [0.2, 0.25) is 0 Å². The molecule has 1 saturated heterocycles. The Morgan fingerprint density at radius 1 is 1.33 bits per heavy atom. The molecule has 0 amide bonds. The molecule has 2 N–H and O–H groups in total. The van der Waals surface area contributed by atoms with Crippen LogP contribution in [-0.4, -0.2) is 50.6 Å². The van der Waals surface area contributed by atoms with Crippen LogP contribution in [0.3, 0.4) is 0 Å². The van der Waals surface area contributed by atoms with E-state index in [1.165, 1.54) is 25.9 Å². The van der Waals surface area contributed by atoms with Crippen molar-refractivity contribution in [2.45, 2.75) is 33.1 Å². The van der Waals surface area contributed by atoms with Crippen molar-refractivity contribution >= 4 is 29.9 Å². The summed E-state index contributed by atoms with van der Waals surface area (Å²) in [5.41, 5.74) is 0. The number of nitrogens with zero attached hydrogens (tertiary/aromatic N) is 2. The molecule has 0 aromatic carbocycles. The Labute approximate surface area is 129 Å². The highest BCUT2D eigenvalue weighted by Gasteiger charge is 2.15. The molecule has 1 aliphatic heterocycles. The van der Waals surface area contributed by atoms with Gasteiger partial charge in [-0.25, -0.2) is 0 Å². The van der Waals surface area contributed by atoms with Crippen molar-refractivity contribution in [3.05, 3.63) is 0 Å². The van der Waals surface area contributed by atoms with Crippen LogP contribution in [0.4, 0.5) is 0 Å². The van der Waals surface area contributed by atoms with E-state index in [4.69, 9.17) is 0 Å². The Kier molecular flexibility index (Phi) is 10.8. The fourth-order valence-electron chi connectivity index (χ4n) is 2.29. The smallest absolute Gasteiger partial charge is 0.191 e. The normalized spacial score (nSPS) is 21.3. The molecule has 1 unspecified atom stereocenters. The van der Waals surface area contributed by atoms with Gasteiger partial charge in [0, 0.05) is 33.2 Å². The van der Waals surface area contributed by atoms with E-state index >= 15 is 0 Å². The minimum Gasteiger partial charge on any atom is -0.356 e. The van der Waals surface area contributed by atoms with Gasteiger partial charge in [0.1, 0.15) is 0 Å². The first-order valence-electron chi connectivity index (χ1n) is 6.93. The number of nitrogens with one attached hydrogen (secondary N) is 2. The number of piperidine rings is 1. The van der Waals surface area contributed by atoms with Gasteiger partial charge in [-0.3, -0.25) is 4.99 Å². The summed E-state index contributed by atoms with van der Waals surface area (Å²) in [4.78, 5) is 6.75. The maximum Gasteiger partial charge on any atom is 0.191 e. The molecule has 0 saturated carbocycles. The second kappa shape index (κ2) is 10.8. The van der Waals surface area contributed by atoms with E-state index in [1.54, 1.807) is 0 Å². The first-order valence-corrected chi connectivity index (χ1v) is 6.93. The van der Waals surface area contributed by atoms with Gasteiger partial charge in [-0.2, -0.15) is 0 Å². The molecule has 1 fully saturated rings. The Bertz CT molecular complexity index is 233. The van der Waals surface area contributed by atoms with Crippen LogP contribution >= 0.6 is 24.0 Å². The van der Waals surface area contributed by atoms with Crippen LogP contribution in [0.15, 0.2) is 4.99 Å². The van der Waals surface area contributed by atoms with Gasteiger partial charge in [0.15, 0.2) is 5.96 Å². The van der Waals surface area contributed by atoms with Crippen LogP contribution in [0.1, 0.15) is 33.1 Å². The zero-order valence-electron chi connectivity index (χ0n) is 12.0. The molecular formula is C13H29IN4. The summed E-state index contributed by atoms with van der Waals surface area (Å²) in [6, 6.07) is 0. The number of likely N-dealkylation sites (tertiary alicyclic amines) is 1. The minimum atomic E-state index is 0. The summed E-state index contributed by atoms with van der Waals surface area (Å²) in [7, 11) is 1.83. The van der Waals surface area contributed by atoms with Gasteiger partial charge in [0.25, 0.3) is 0 Å². The molecule has 0 radical (unpaired) electrons. The van der Waals surface area contributed by atoms with E-state index in [1.807, 2.05) is 7.05 Å². The van der Waals surface area contributed by atoms with E-state index < -0.39 is 0 Å². The Balaban J connectivity index is 0.00000289. The molecule has 0 spiro atoms. The lowest BCUT2D eigenvalue weighted by molar-refractivity contribution is 0.187. The van der Waals surface area contributed by atoms with Crippen molar-refractivity contribution < 1.29 is 0 Å². The monoisotopic (exact) mass is 368 g/mol. The van der Waals surface area contributed by atoms with Gasteiger partial charge < -0.3 is 15.5 Å². The highest BCUT2D eigenvalue weighted by atomic mass is 127. The van der Waals surface area contributed by atoms with E-state index in [0.29, 0.717) is 0 Å². The quantitative estimate of drug-likeness (QED) is 0.443. The molecule has 1 aliphatic rings. The average Bonchev–Trinajstić information content (AvgIpc) is 2.33. The molecule has 1 heterocycles. The summed E-state index contributed by atoms with van der Waals surface area (Å²) in [6.45, 7) is 10.1. The van der Waals surface area contributed by atoms with Crippen LogP contribution in [0, 0.1) is 5.92 Å². The van der Waals surface area contributed by atoms with Gasteiger partial charge in [0.05, 0.1) is 0 Å². The third-order valence-corrected chi connectivity index (χ3v) is 3.23. The van der Waals surface area contributed by atoms with Gasteiger partial charge in [-0.05, 0) is 31.7 Å². The number of hydrogen-bond donors (Lipinski definition) is 2. The molecule has 1 atom stereocenters. The van der Waals surface area contributed by atoms with Crippen LogP contribution in [0.5, 0.6) is 0 Å². The second-order valence-corrected chi connectivity index (χ2v) is 4.97. The lowest BCUT2D eigenvalue weighted by Gasteiger charge is -2.30. The van der Waals surface area contributed by atoms with Crippen LogP contribution in [0.25, 0.3) is 0 Å². The van der Waals surface area contributed by atoms with Gasteiger partial charge in [-0.1, -0.05) is 13.8 Å². The highest BCUT2D eigenvalue weighted by Crippen LogP contribution is 2.14. The molecule has 0 aromatic rings. The summed E-state index contributed by atoms with van der Waals surface area (Å²) in [6.07, 6.45) is 3.87. The third kappa shape index (κ3) is 7.41. The Morgan fingerprint density at radius 3 is 2.67 bits per heavy atom. The summed E-state index contributed by atoms with van der Waals surface area (Å²) in [5.74, 6) is 1.79. The number of aliphatic imine (C=N–C) groups is 1. The molecule has 0 bridgehead atoms. The van der Waals surface area contributed by atoms with E-state index in [9.17, 15) is 0 Å². The number of guanidine groups is 1. The summed E-state index contributed by atoms with van der Waals surface area (Å²) in [5, 5.41) is 6.65. The van der Waals surface area contributed by atoms with E-state index in [0.717, 1.165) is 37.9 Å². The molecular weight excluding hydrogens is 339 g/mol. The first kappa shape index (κ1) is 18.0. The van der Waals surface area contributed by atoms with Crippen LogP contribution in [-0.2, 0) is 0 Å². The largest absolute Gasteiger partial charge is 0.356 e. The van der Waals surface area contributed by atoms with Crippen molar-refractivity contribution in [2.75, 3.05) is 39.8 Å². The molecule has 108 valence electrons. The summed E-state index contributed by atoms with van der Waals surface area (Å²) >= 11 is 0. The summed E-state index contributed by atoms with van der Waals surface area (Å²) < 4.78 is 0. The average molecular weight is 368 g/mol. The maximum absolute atomic E-state index is 4.20. The van der Waals surface area contributed by atoms with Crippen molar-refractivity contribution in [3.63, 3.8) is 0 Å². The standard InChI is InChI=1S/C13H28N4.HI/c1-4-7-15-13(14-3)16-8-10-17-9-5-6-12(2)11-17;/h12H,4-11H2,1-3H3,(H2,14,15,16);1H. The Hall–Kier alpha value is -0.0400. The van der Waals surface area contributed by atoms with E-state index in [-0.39, 0.29) is 24.0 Å². The van der Waals surface area contributed by atoms with E-state index in [2.05, 4.69) is 34.4 Å². The fraction of sp³-hybridized carbons (Fsp3) is 0.923. The molecule has 1 rings (SSSR count). The van der Waals surface area contributed by atoms with Crippen molar-refractivity contribution in [1.82, 2.24) is 15.5 Å². The zero-order valence-corrected chi connectivity index (χ0v) is 14.4. The number of rotatable bonds is 5. The molecule has 0 aliphatic carbocycles. The molecule has 0 aromatic heterocycles. The molecule has 18 heavy (non-hydrogen) atoms. The van der Waals surface area contributed by atoms with Crippen molar-refractivity contribution in [1.29, 1.82) is 0 Å². The molecule has 4 nitrogen and oxygen atoms in total.